The Kier molecular flexibility index (Phi) is 9.04. The number of aliphatic hydroxyl groups is 1. The van der Waals surface area contributed by atoms with Crippen LogP contribution in [-0.2, 0) is 23.9 Å². The molecule has 0 radical (unpaired) electrons. The van der Waals surface area contributed by atoms with Gasteiger partial charge in [0, 0.05) is 13.1 Å². The highest BCUT2D eigenvalue weighted by Gasteiger charge is 2.79. The smallest absolute Gasteiger partial charge is 0.313 e. The van der Waals surface area contributed by atoms with Crippen LogP contribution < -0.4 is 0 Å². The summed E-state index contributed by atoms with van der Waals surface area (Å²) >= 11 is 0. The molecule has 202 valence electrons. The maximum absolute atomic E-state index is 14.3. The summed E-state index contributed by atoms with van der Waals surface area (Å²) in [6.07, 6.45) is 7.08. The van der Waals surface area contributed by atoms with Crippen LogP contribution in [0.3, 0.4) is 0 Å². The Hall–Kier alpha value is -2.19. The van der Waals surface area contributed by atoms with E-state index in [0.29, 0.717) is 38.8 Å². The van der Waals surface area contributed by atoms with Gasteiger partial charge < -0.3 is 24.4 Å². The lowest BCUT2D eigenvalue weighted by molar-refractivity contribution is -0.163. The number of carbonyl (C=O) groups excluding carboxylic acids is 3. The molecule has 3 heterocycles. The number of esters is 1. The summed E-state index contributed by atoms with van der Waals surface area (Å²) in [5, 5.41) is 10.4. The van der Waals surface area contributed by atoms with Crippen molar-refractivity contribution in [3.63, 3.8) is 0 Å². The Labute approximate surface area is 215 Å². The number of hydrogen-bond donors (Lipinski definition) is 1. The van der Waals surface area contributed by atoms with Crippen molar-refractivity contribution < 1.29 is 29.0 Å². The van der Waals surface area contributed by atoms with Crippen molar-refractivity contribution in [1.29, 1.82) is 0 Å². The minimum absolute atomic E-state index is 0.0475. The van der Waals surface area contributed by atoms with Crippen molar-refractivity contribution in [1.82, 2.24) is 9.80 Å². The molecule has 8 heteroatoms. The Balaban J connectivity index is 2.13. The van der Waals surface area contributed by atoms with Crippen LogP contribution in [0.5, 0.6) is 0 Å². The van der Waals surface area contributed by atoms with Crippen LogP contribution in [-0.4, -0.2) is 82.3 Å². The van der Waals surface area contributed by atoms with Crippen molar-refractivity contribution in [2.24, 2.45) is 17.8 Å². The Morgan fingerprint density at radius 3 is 2.56 bits per heavy atom. The zero-order chi connectivity index (χ0) is 26.7. The minimum atomic E-state index is -1.13. The van der Waals surface area contributed by atoms with E-state index in [9.17, 15) is 19.5 Å². The lowest BCUT2D eigenvalue weighted by Crippen LogP contribution is -2.59. The summed E-state index contributed by atoms with van der Waals surface area (Å²) in [5.41, 5.74) is -1.97. The molecule has 6 atom stereocenters. The summed E-state index contributed by atoms with van der Waals surface area (Å²) in [6.45, 7) is 16.2. The van der Waals surface area contributed by atoms with Crippen molar-refractivity contribution >= 4 is 17.8 Å². The maximum Gasteiger partial charge on any atom is 0.313 e. The molecule has 3 aliphatic heterocycles. The van der Waals surface area contributed by atoms with Crippen molar-refractivity contribution in [3.8, 4) is 0 Å². The quantitative estimate of drug-likeness (QED) is 0.289. The van der Waals surface area contributed by atoms with E-state index >= 15 is 0 Å². The molecule has 0 aromatic carbocycles. The monoisotopic (exact) mass is 504 g/mol. The molecular weight excluding hydrogens is 460 g/mol. The first kappa shape index (κ1) is 28.4. The fraction of sp³-hybridized carbons (Fsp3) is 0.750. The van der Waals surface area contributed by atoms with Crippen LogP contribution in [0.4, 0.5) is 0 Å². The highest BCUT2D eigenvalue weighted by Crippen LogP contribution is 2.65. The third-order valence-electron chi connectivity index (χ3n) is 8.24. The predicted molar refractivity (Wildman–Crippen MR) is 137 cm³/mol. The normalized spacial score (nSPS) is 31.4. The largest absolute Gasteiger partial charge is 0.461 e. The highest BCUT2D eigenvalue weighted by atomic mass is 16.6. The van der Waals surface area contributed by atoms with E-state index in [1.165, 1.54) is 6.08 Å². The Morgan fingerprint density at radius 2 is 2.00 bits per heavy atom. The van der Waals surface area contributed by atoms with Gasteiger partial charge >= 0.3 is 5.97 Å². The van der Waals surface area contributed by atoms with Gasteiger partial charge in [0.25, 0.3) is 0 Å². The molecule has 3 rings (SSSR count). The molecule has 36 heavy (non-hydrogen) atoms. The first-order valence-electron chi connectivity index (χ1n) is 13.5. The van der Waals surface area contributed by atoms with Gasteiger partial charge in [0.05, 0.1) is 24.2 Å². The van der Waals surface area contributed by atoms with Crippen LogP contribution in [0.25, 0.3) is 0 Å². The van der Waals surface area contributed by atoms with Gasteiger partial charge in [-0.25, -0.2) is 0 Å². The fourth-order valence-corrected chi connectivity index (χ4v) is 6.71. The standard InChI is InChI=1S/C28H44N2O6/c1-7-11-15-29(14-8-2)25(33)23-28-13-12-27(10-4,36-28)22(26(34)35-16-9-3)21(28)24(32)30(23)20(18-31)17-19(5)6/h8-9,19-23,31H,2-3,7,10-18H2,1,4-6H3/t20-,21+,22+,23?,27-,28?/m1/s1. The second kappa shape index (κ2) is 11.5. The lowest BCUT2D eigenvalue weighted by atomic mass is 9.65. The molecule has 2 bridgehead atoms. The third kappa shape index (κ3) is 4.62. The molecule has 0 aliphatic carbocycles. The van der Waals surface area contributed by atoms with E-state index in [4.69, 9.17) is 9.47 Å². The van der Waals surface area contributed by atoms with Gasteiger partial charge in [0.1, 0.15) is 24.2 Å². The molecule has 1 N–H and O–H groups in total. The number of hydrogen-bond acceptors (Lipinski definition) is 6. The van der Waals surface area contributed by atoms with Gasteiger partial charge in [-0.2, -0.15) is 0 Å². The number of unbranched alkanes of at least 4 members (excludes halogenated alkanes) is 1. The topological polar surface area (TPSA) is 96.4 Å². The number of amides is 2. The van der Waals surface area contributed by atoms with Gasteiger partial charge in [0.15, 0.2) is 0 Å². The third-order valence-corrected chi connectivity index (χ3v) is 8.24. The summed E-state index contributed by atoms with van der Waals surface area (Å²) in [6, 6.07) is -1.46. The zero-order valence-corrected chi connectivity index (χ0v) is 22.4. The second-order valence-corrected chi connectivity index (χ2v) is 10.9. The Morgan fingerprint density at radius 1 is 1.28 bits per heavy atom. The molecule has 3 fully saturated rings. The zero-order valence-electron chi connectivity index (χ0n) is 22.4. The van der Waals surface area contributed by atoms with E-state index in [-0.39, 0.29) is 30.9 Å². The summed E-state index contributed by atoms with van der Waals surface area (Å²) < 4.78 is 12.2. The van der Waals surface area contributed by atoms with Crippen LogP contribution in [0.15, 0.2) is 25.3 Å². The number of ether oxygens (including phenoxy) is 2. The molecule has 1 spiro atoms. The molecule has 0 aromatic heterocycles. The molecule has 0 aromatic rings. The van der Waals surface area contributed by atoms with E-state index in [2.05, 4.69) is 20.1 Å². The number of fused-ring (bicyclic) bond motifs is 1. The summed E-state index contributed by atoms with van der Waals surface area (Å²) in [7, 11) is 0. The number of rotatable bonds is 14. The molecular formula is C28H44N2O6. The van der Waals surface area contributed by atoms with E-state index in [0.717, 1.165) is 12.8 Å². The van der Waals surface area contributed by atoms with E-state index in [1.807, 2.05) is 20.8 Å². The average Bonchev–Trinajstić information content (AvgIpc) is 3.46. The molecule has 2 unspecified atom stereocenters. The van der Waals surface area contributed by atoms with Gasteiger partial charge in [-0.05, 0) is 38.0 Å². The number of carbonyl (C=O) groups is 3. The van der Waals surface area contributed by atoms with Gasteiger partial charge in [0.2, 0.25) is 11.8 Å². The first-order chi connectivity index (χ1) is 17.2. The summed E-state index contributed by atoms with van der Waals surface area (Å²) in [4.78, 5) is 45.1. The predicted octanol–water partition coefficient (Wildman–Crippen LogP) is 3.09. The SMILES string of the molecule is C=CCOC(=O)[C@@H]1[C@H]2C(=O)N([C@@H](CO)CC(C)C)C(C(=O)N(CC=C)CCCC)C23CC[C@@]1(CC)O3. The minimum Gasteiger partial charge on any atom is -0.461 e. The van der Waals surface area contributed by atoms with E-state index < -0.39 is 41.1 Å². The van der Waals surface area contributed by atoms with Crippen molar-refractivity contribution in [2.45, 2.75) is 89.5 Å². The molecule has 2 amide bonds. The lowest BCUT2D eigenvalue weighted by Gasteiger charge is -2.40. The second-order valence-electron chi connectivity index (χ2n) is 10.9. The van der Waals surface area contributed by atoms with Gasteiger partial charge in [-0.3, -0.25) is 14.4 Å². The molecule has 3 aliphatic rings. The Bertz CT molecular complexity index is 859. The maximum atomic E-state index is 14.3. The van der Waals surface area contributed by atoms with E-state index in [1.54, 1.807) is 15.9 Å². The van der Waals surface area contributed by atoms with Crippen molar-refractivity contribution in [3.05, 3.63) is 25.3 Å². The van der Waals surface area contributed by atoms with Gasteiger partial charge in [-0.1, -0.05) is 52.8 Å². The number of aliphatic hydroxyl groups excluding tert-OH is 1. The molecule has 8 nitrogen and oxygen atoms in total. The van der Waals surface area contributed by atoms with Crippen LogP contribution >= 0.6 is 0 Å². The highest BCUT2D eigenvalue weighted by molar-refractivity contribution is 5.98. The van der Waals surface area contributed by atoms with Gasteiger partial charge in [-0.15, -0.1) is 6.58 Å². The van der Waals surface area contributed by atoms with Crippen LogP contribution in [0, 0.1) is 17.8 Å². The molecule has 0 saturated carbocycles. The number of nitrogens with zero attached hydrogens (tertiary/aromatic N) is 2. The summed E-state index contributed by atoms with van der Waals surface area (Å²) in [5.74, 6) is -2.41. The first-order valence-corrected chi connectivity index (χ1v) is 13.5. The average molecular weight is 505 g/mol. The van der Waals surface area contributed by atoms with Crippen molar-refractivity contribution in [2.75, 3.05) is 26.3 Å². The van der Waals surface area contributed by atoms with Crippen LogP contribution in [0.1, 0.15) is 66.2 Å². The van der Waals surface area contributed by atoms with Crippen LogP contribution in [0.2, 0.25) is 0 Å². The molecule has 3 saturated heterocycles. The fourth-order valence-electron chi connectivity index (χ4n) is 6.71. The number of likely N-dealkylation sites (tertiary alicyclic amines) is 1.